The van der Waals surface area contributed by atoms with Crippen molar-refractivity contribution >= 4 is 12.0 Å². The highest BCUT2D eigenvalue weighted by Crippen LogP contribution is 2.32. The molecule has 1 atom stereocenters. The maximum Gasteiger partial charge on any atom is 0.243 e. The number of fused-ring (bicyclic) bond motifs is 1. The van der Waals surface area contributed by atoms with Crippen LogP contribution < -0.4 is 14.8 Å². The molecular weight excluding hydrogens is 304 g/mol. The summed E-state index contributed by atoms with van der Waals surface area (Å²) >= 11 is 0. The van der Waals surface area contributed by atoms with Gasteiger partial charge in [-0.05, 0) is 56.5 Å². The van der Waals surface area contributed by atoms with E-state index in [1.807, 2.05) is 18.2 Å². The van der Waals surface area contributed by atoms with Gasteiger partial charge >= 0.3 is 0 Å². The Hall–Kier alpha value is -2.01. The van der Waals surface area contributed by atoms with Crippen LogP contribution in [0.1, 0.15) is 38.2 Å². The predicted molar refractivity (Wildman–Crippen MR) is 94.1 cm³/mol. The van der Waals surface area contributed by atoms with E-state index < -0.39 is 0 Å². The fraction of sp³-hybridized carbons (Fsp3) is 0.526. The van der Waals surface area contributed by atoms with Crippen LogP contribution in [0.5, 0.6) is 11.5 Å². The topological polar surface area (TPSA) is 50.8 Å². The Kier molecular flexibility index (Phi) is 5.75. The van der Waals surface area contributed by atoms with Crippen LogP contribution in [0.15, 0.2) is 24.3 Å². The third-order valence-electron chi connectivity index (χ3n) is 4.69. The van der Waals surface area contributed by atoms with Crippen LogP contribution in [0.25, 0.3) is 6.08 Å². The number of carbonyl (C=O) groups is 1. The van der Waals surface area contributed by atoms with Crippen molar-refractivity contribution in [2.24, 2.45) is 0 Å². The number of piperidine rings is 1. The summed E-state index contributed by atoms with van der Waals surface area (Å²) in [5.74, 6) is 1.43. The number of benzene rings is 1. The molecular formula is C19H26N2O3. The quantitative estimate of drug-likeness (QED) is 0.644. The molecule has 0 radical (unpaired) electrons. The second-order valence-electron chi connectivity index (χ2n) is 6.47. The summed E-state index contributed by atoms with van der Waals surface area (Å²) in [7, 11) is 0. The van der Waals surface area contributed by atoms with Gasteiger partial charge in [0.15, 0.2) is 11.5 Å². The molecule has 5 heteroatoms. The summed E-state index contributed by atoms with van der Waals surface area (Å²) in [6.07, 6.45) is 8.30. The van der Waals surface area contributed by atoms with E-state index in [0.717, 1.165) is 30.0 Å². The number of hydrogen-bond acceptors (Lipinski definition) is 4. The molecule has 0 spiro atoms. The Labute approximate surface area is 143 Å². The summed E-state index contributed by atoms with van der Waals surface area (Å²) in [6, 6.07) is 6.33. The first-order valence-corrected chi connectivity index (χ1v) is 8.82. The Balaban J connectivity index is 1.38. The van der Waals surface area contributed by atoms with Gasteiger partial charge in [-0.25, -0.2) is 0 Å². The zero-order chi connectivity index (χ0) is 16.8. The zero-order valence-corrected chi connectivity index (χ0v) is 14.3. The van der Waals surface area contributed by atoms with Gasteiger partial charge in [-0.2, -0.15) is 0 Å². The van der Waals surface area contributed by atoms with Crippen molar-refractivity contribution < 1.29 is 14.3 Å². The lowest BCUT2D eigenvalue weighted by molar-refractivity contribution is -0.116. The maximum atomic E-state index is 11.9. The molecule has 2 heterocycles. The molecule has 1 saturated heterocycles. The molecule has 0 saturated carbocycles. The van der Waals surface area contributed by atoms with Gasteiger partial charge in [0, 0.05) is 25.2 Å². The van der Waals surface area contributed by atoms with E-state index in [9.17, 15) is 4.79 Å². The van der Waals surface area contributed by atoms with Crippen molar-refractivity contribution in [3.63, 3.8) is 0 Å². The van der Waals surface area contributed by atoms with Gasteiger partial charge in [0.2, 0.25) is 12.7 Å². The number of likely N-dealkylation sites (tertiary alicyclic amines) is 1. The van der Waals surface area contributed by atoms with E-state index in [-0.39, 0.29) is 12.7 Å². The smallest absolute Gasteiger partial charge is 0.243 e. The number of hydrogen-bond donors (Lipinski definition) is 1. The first kappa shape index (κ1) is 16.8. The van der Waals surface area contributed by atoms with Crippen LogP contribution in [0.3, 0.4) is 0 Å². The molecule has 0 aliphatic carbocycles. The van der Waals surface area contributed by atoms with Gasteiger partial charge in [0.1, 0.15) is 0 Å². The summed E-state index contributed by atoms with van der Waals surface area (Å²) < 4.78 is 10.6. The second kappa shape index (κ2) is 8.20. The van der Waals surface area contributed by atoms with Crippen LogP contribution >= 0.6 is 0 Å². The average Bonchev–Trinajstić information content (AvgIpc) is 3.06. The Bertz CT molecular complexity index is 600. The standard InChI is InChI=1S/C19H26N2O3/c1-15-5-2-3-11-21(15)12-4-10-20-19(22)9-7-16-6-8-17-18(13-16)24-14-23-17/h6-9,13,15H,2-5,10-12,14H2,1H3,(H,20,22)/b9-7+/t15-/m1/s1. The van der Waals surface area contributed by atoms with Gasteiger partial charge < -0.3 is 19.7 Å². The Morgan fingerprint density at radius 3 is 3.08 bits per heavy atom. The summed E-state index contributed by atoms with van der Waals surface area (Å²) in [4.78, 5) is 14.4. The van der Waals surface area contributed by atoms with Crippen LogP contribution in [0.2, 0.25) is 0 Å². The number of amides is 1. The molecule has 0 unspecified atom stereocenters. The molecule has 1 N–H and O–H groups in total. The Morgan fingerprint density at radius 2 is 2.21 bits per heavy atom. The highest BCUT2D eigenvalue weighted by Gasteiger charge is 2.17. The molecule has 5 nitrogen and oxygen atoms in total. The summed E-state index contributed by atoms with van der Waals surface area (Å²) in [5.41, 5.74) is 0.927. The number of nitrogens with zero attached hydrogens (tertiary/aromatic N) is 1. The van der Waals surface area contributed by atoms with E-state index >= 15 is 0 Å². The summed E-state index contributed by atoms with van der Waals surface area (Å²) in [6.45, 7) is 5.53. The largest absolute Gasteiger partial charge is 0.454 e. The molecule has 1 fully saturated rings. The van der Waals surface area contributed by atoms with E-state index in [4.69, 9.17) is 9.47 Å². The highest BCUT2D eigenvalue weighted by atomic mass is 16.7. The molecule has 24 heavy (non-hydrogen) atoms. The van der Waals surface area contributed by atoms with Gasteiger partial charge in [-0.1, -0.05) is 12.5 Å². The molecule has 0 bridgehead atoms. The van der Waals surface area contributed by atoms with Crippen molar-refractivity contribution in [2.75, 3.05) is 26.4 Å². The second-order valence-corrected chi connectivity index (χ2v) is 6.47. The third kappa shape index (κ3) is 4.51. The molecule has 0 aromatic heterocycles. The van der Waals surface area contributed by atoms with Crippen molar-refractivity contribution in [2.45, 2.75) is 38.6 Å². The van der Waals surface area contributed by atoms with E-state index in [1.165, 1.54) is 25.8 Å². The lowest BCUT2D eigenvalue weighted by atomic mass is 10.0. The SMILES string of the molecule is C[C@@H]1CCCCN1CCCNC(=O)/C=C/c1ccc2c(c1)OCO2. The van der Waals surface area contributed by atoms with Gasteiger partial charge in [-0.3, -0.25) is 4.79 Å². The normalized spacial score (nSPS) is 20.5. The van der Waals surface area contributed by atoms with Crippen molar-refractivity contribution in [1.82, 2.24) is 10.2 Å². The number of ether oxygens (including phenoxy) is 2. The molecule has 2 aliphatic heterocycles. The summed E-state index contributed by atoms with van der Waals surface area (Å²) in [5, 5.41) is 2.95. The predicted octanol–water partition coefficient (Wildman–Crippen LogP) is 2.81. The van der Waals surface area contributed by atoms with Crippen molar-refractivity contribution in [3.05, 3.63) is 29.8 Å². The minimum atomic E-state index is -0.0561. The first-order valence-electron chi connectivity index (χ1n) is 8.82. The lowest BCUT2D eigenvalue weighted by Crippen LogP contribution is -2.39. The lowest BCUT2D eigenvalue weighted by Gasteiger charge is -2.33. The highest BCUT2D eigenvalue weighted by molar-refractivity contribution is 5.91. The molecule has 1 aromatic carbocycles. The molecule has 1 aromatic rings. The fourth-order valence-corrected chi connectivity index (χ4v) is 3.23. The first-order chi connectivity index (χ1) is 11.7. The third-order valence-corrected chi connectivity index (χ3v) is 4.69. The van der Waals surface area contributed by atoms with Gasteiger partial charge in [0.05, 0.1) is 0 Å². The van der Waals surface area contributed by atoms with Crippen LogP contribution in [0, 0.1) is 0 Å². The zero-order valence-electron chi connectivity index (χ0n) is 14.3. The van der Waals surface area contributed by atoms with Crippen molar-refractivity contribution in [3.8, 4) is 11.5 Å². The average molecular weight is 330 g/mol. The molecule has 1 amide bonds. The van der Waals surface area contributed by atoms with E-state index in [0.29, 0.717) is 12.6 Å². The fourth-order valence-electron chi connectivity index (χ4n) is 3.23. The molecule has 130 valence electrons. The Morgan fingerprint density at radius 1 is 1.33 bits per heavy atom. The van der Waals surface area contributed by atoms with Gasteiger partial charge in [0.25, 0.3) is 0 Å². The van der Waals surface area contributed by atoms with Gasteiger partial charge in [-0.15, -0.1) is 0 Å². The number of carbonyl (C=O) groups excluding carboxylic acids is 1. The minimum absolute atomic E-state index is 0.0561. The monoisotopic (exact) mass is 330 g/mol. The van der Waals surface area contributed by atoms with Crippen LogP contribution in [-0.2, 0) is 4.79 Å². The van der Waals surface area contributed by atoms with Crippen molar-refractivity contribution in [1.29, 1.82) is 0 Å². The maximum absolute atomic E-state index is 11.9. The molecule has 2 aliphatic rings. The van der Waals surface area contributed by atoms with E-state index in [1.54, 1.807) is 12.2 Å². The number of rotatable bonds is 6. The van der Waals surface area contributed by atoms with Crippen LogP contribution in [-0.4, -0.2) is 43.3 Å². The van der Waals surface area contributed by atoms with E-state index in [2.05, 4.69) is 17.1 Å². The minimum Gasteiger partial charge on any atom is -0.454 e. The number of nitrogens with one attached hydrogen (secondary N) is 1. The molecule has 3 rings (SSSR count). The van der Waals surface area contributed by atoms with Crippen LogP contribution in [0.4, 0.5) is 0 Å².